The molecule has 108 valence electrons. The fraction of sp³-hybridized carbons (Fsp3) is 0.333. The lowest BCUT2D eigenvalue weighted by molar-refractivity contribution is 0.649. The highest BCUT2D eigenvalue weighted by atomic mass is 79.9. The summed E-state index contributed by atoms with van der Waals surface area (Å²) in [6.07, 6.45) is 0. The Kier molecular flexibility index (Phi) is 5.49. The van der Waals surface area contributed by atoms with Gasteiger partial charge in [0.05, 0.1) is 10.9 Å². The minimum absolute atomic E-state index is 0.312. The van der Waals surface area contributed by atoms with Crippen molar-refractivity contribution in [2.75, 3.05) is 19.0 Å². The summed E-state index contributed by atoms with van der Waals surface area (Å²) < 4.78 is 1.93. The van der Waals surface area contributed by atoms with Crippen LogP contribution in [-0.2, 0) is 6.54 Å². The molecule has 1 unspecified atom stereocenters. The molecule has 0 amide bonds. The van der Waals surface area contributed by atoms with Crippen LogP contribution >= 0.6 is 38.9 Å². The van der Waals surface area contributed by atoms with Gasteiger partial charge in [0.25, 0.3) is 0 Å². The highest BCUT2D eigenvalue weighted by Crippen LogP contribution is 2.31. The highest BCUT2D eigenvalue weighted by Gasteiger charge is 2.13. The number of nitrogens with one attached hydrogen (secondary N) is 1. The van der Waals surface area contributed by atoms with Crippen LogP contribution in [0.15, 0.2) is 34.8 Å². The average molecular weight is 374 g/mol. The van der Waals surface area contributed by atoms with Crippen molar-refractivity contribution in [3.05, 3.63) is 49.6 Å². The highest BCUT2D eigenvalue weighted by molar-refractivity contribution is 9.10. The average Bonchev–Trinajstić information content (AvgIpc) is 2.83. The molecule has 0 aliphatic carbocycles. The maximum atomic E-state index is 6.00. The first-order valence-corrected chi connectivity index (χ1v) is 8.42. The van der Waals surface area contributed by atoms with Crippen molar-refractivity contribution in [1.29, 1.82) is 0 Å². The third-order valence-corrected chi connectivity index (χ3v) is 5.03. The van der Waals surface area contributed by atoms with E-state index in [0.717, 1.165) is 15.4 Å². The van der Waals surface area contributed by atoms with Crippen molar-refractivity contribution in [3.63, 3.8) is 0 Å². The lowest BCUT2D eigenvalue weighted by Gasteiger charge is -2.25. The van der Waals surface area contributed by atoms with Crippen LogP contribution in [0.2, 0.25) is 4.34 Å². The topological polar surface area (TPSA) is 15.3 Å². The van der Waals surface area contributed by atoms with Crippen LogP contribution in [0.1, 0.15) is 23.4 Å². The zero-order valence-electron chi connectivity index (χ0n) is 11.8. The largest absolute Gasteiger partial charge is 0.369 e. The van der Waals surface area contributed by atoms with Gasteiger partial charge in [-0.15, -0.1) is 11.3 Å². The summed E-state index contributed by atoms with van der Waals surface area (Å²) in [5.74, 6) is 0. The number of halogens is 2. The monoisotopic (exact) mass is 372 g/mol. The van der Waals surface area contributed by atoms with Crippen LogP contribution in [-0.4, -0.2) is 14.1 Å². The summed E-state index contributed by atoms with van der Waals surface area (Å²) >= 11 is 11.2. The molecule has 0 aliphatic heterocycles. The molecule has 1 heterocycles. The van der Waals surface area contributed by atoms with Crippen molar-refractivity contribution in [2.24, 2.45) is 0 Å². The molecule has 0 aliphatic rings. The van der Waals surface area contributed by atoms with Gasteiger partial charge in [-0.05, 0) is 43.8 Å². The predicted octanol–water partition coefficient (Wildman–Crippen LogP) is 5.08. The summed E-state index contributed by atoms with van der Waals surface area (Å²) in [6.45, 7) is 3.03. The Labute approximate surface area is 137 Å². The van der Waals surface area contributed by atoms with Gasteiger partial charge in [0.15, 0.2) is 0 Å². The van der Waals surface area contributed by atoms with Crippen LogP contribution in [0.5, 0.6) is 0 Å². The van der Waals surface area contributed by atoms with Gasteiger partial charge in [0.1, 0.15) is 0 Å². The zero-order chi connectivity index (χ0) is 14.7. The minimum atomic E-state index is 0.312. The van der Waals surface area contributed by atoms with E-state index in [1.807, 2.05) is 13.1 Å². The number of anilines is 1. The van der Waals surface area contributed by atoms with E-state index in [9.17, 15) is 0 Å². The standard InChI is InChI=1S/C15H18BrClN2S/c1-10(18-2)13-6-4-11(16)8-14(13)19(3)9-12-5-7-15(17)20-12/h4-8,10,18H,9H2,1-3H3. The van der Waals surface area contributed by atoms with Gasteiger partial charge in [-0.3, -0.25) is 0 Å². The normalized spacial score (nSPS) is 12.4. The first-order chi connectivity index (χ1) is 9.51. The quantitative estimate of drug-likeness (QED) is 0.786. The van der Waals surface area contributed by atoms with E-state index in [1.54, 1.807) is 11.3 Å². The number of hydrogen-bond donors (Lipinski definition) is 1. The Morgan fingerprint density at radius 1 is 1.35 bits per heavy atom. The van der Waals surface area contributed by atoms with Crippen LogP contribution in [0.3, 0.4) is 0 Å². The molecule has 1 N–H and O–H groups in total. The molecule has 5 heteroatoms. The third kappa shape index (κ3) is 3.76. The molecule has 2 rings (SSSR count). The molecule has 0 saturated carbocycles. The summed E-state index contributed by atoms with van der Waals surface area (Å²) in [5.41, 5.74) is 2.52. The Balaban J connectivity index is 2.27. The molecule has 0 spiro atoms. The molecule has 0 bridgehead atoms. The van der Waals surface area contributed by atoms with E-state index < -0.39 is 0 Å². The van der Waals surface area contributed by atoms with E-state index in [-0.39, 0.29) is 0 Å². The first-order valence-electron chi connectivity index (χ1n) is 6.43. The number of rotatable bonds is 5. The van der Waals surface area contributed by atoms with Crippen molar-refractivity contribution in [3.8, 4) is 0 Å². The SMILES string of the molecule is CNC(C)c1ccc(Br)cc1N(C)Cc1ccc(Cl)s1. The van der Waals surface area contributed by atoms with E-state index in [4.69, 9.17) is 11.6 Å². The maximum absolute atomic E-state index is 6.00. The summed E-state index contributed by atoms with van der Waals surface area (Å²) in [6, 6.07) is 10.8. The Hall–Kier alpha value is -0.550. The maximum Gasteiger partial charge on any atom is 0.0931 e. The van der Waals surface area contributed by atoms with Crippen molar-refractivity contribution >= 4 is 44.6 Å². The second-order valence-electron chi connectivity index (χ2n) is 4.78. The molecule has 1 aromatic carbocycles. The van der Waals surface area contributed by atoms with E-state index in [2.05, 4.69) is 64.4 Å². The van der Waals surface area contributed by atoms with Gasteiger partial charge in [-0.1, -0.05) is 33.6 Å². The van der Waals surface area contributed by atoms with E-state index >= 15 is 0 Å². The number of hydrogen-bond acceptors (Lipinski definition) is 3. The van der Waals surface area contributed by atoms with Gasteiger partial charge >= 0.3 is 0 Å². The number of thiophene rings is 1. The van der Waals surface area contributed by atoms with E-state index in [1.165, 1.54) is 16.1 Å². The molecule has 0 fully saturated rings. The van der Waals surface area contributed by atoms with Crippen LogP contribution in [0.25, 0.3) is 0 Å². The van der Waals surface area contributed by atoms with Crippen LogP contribution in [0, 0.1) is 0 Å². The van der Waals surface area contributed by atoms with Crippen molar-refractivity contribution in [2.45, 2.75) is 19.5 Å². The first kappa shape index (κ1) is 15.8. The molecule has 1 atom stereocenters. The second kappa shape index (κ2) is 6.94. The van der Waals surface area contributed by atoms with Crippen LogP contribution in [0.4, 0.5) is 5.69 Å². The van der Waals surface area contributed by atoms with Gasteiger partial charge < -0.3 is 10.2 Å². The number of nitrogens with zero attached hydrogens (tertiary/aromatic N) is 1. The molecular formula is C15H18BrClN2S. The Morgan fingerprint density at radius 3 is 2.70 bits per heavy atom. The van der Waals surface area contributed by atoms with Gasteiger partial charge in [0.2, 0.25) is 0 Å². The molecule has 0 saturated heterocycles. The molecule has 0 radical (unpaired) electrons. The van der Waals surface area contributed by atoms with Gasteiger partial charge in [0, 0.05) is 28.1 Å². The molecule has 1 aromatic heterocycles. The third-order valence-electron chi connectivity index (χ3n) is 3.33. The van der Waals surface area contributed by atoms with E-state index in [0.29, 0.717) is 6.04 Å². The Morgan fingerprint density at radius 2 is 2.10 bits per heavy atom. The van der Waals surface area contributed by atoms with Crippen molar-refractivity contribution < 1.29 is 0 Å². The minimum Gasteiger partial charge on any atom is -0.369 e. The fourth-order valence-electron chi connectivity index (χ4n) is 2.12. The summed E-state index contributed by atoms with van der Waals surface area (Å²) in [5, 5.41) is 3.30. The summed E-state index contributed by atoms with van der Waals surface area (Å²) in [4.78, 5) is 3.52. The van der Waals surface area contributed by atoms with Gasteiger partial charge in [-0.2, -0.15) is 0 Å². The van der Waals surface area contributed by atoms with Crippen molar-refractivity contribution in [1.82, 2.24) is 5.32 Å². The lowest BCUT2D eigenvalue weighted by atomic mass is 10.1. The molecule has 20 heavy (non-hydrogen) atoms. The molecule has 2 aromatic rings. The molecule has 2 nitrogen and oxygen atoms in total. The predicted molar refractivity (Wildman–Crippen MR) is 93.1 cm³/mol. The second-order valence-corrected chi connectivity index (χ2v) is 7.49. The van der Waals surface area contributed by atoms with Gasteiger partial charge in [-0.25, -0.2) is 0 Å². The number of benzene rings is 1. The lowest BCUT2D eigenvalue weighted by Crippen LogP contribution is -2.21. The van der Waals surface area contributed by atoms with Crippen LogP contribution < -0.4 is 10.2 Å². The summed E-state index contributed by atoms with van der Waals surface area (Å²) in [7, 11) is 4.09. The Bertz CT molecular complexity index is 585. The zero-order valence-corrected chi connectivity index (χ0v) is 14.9. The fourth-order valence-corrected chi connectivity index (χ4v) is 3.61. The molecular weight excluding hydrogens is 356 g/mol. The smallest absolute Gasteiger partial charge is 0.0931 e.